The van der Waals surface area contributed by atoms with Crippen LogP contribution in [0.2, 0.25) is 0 Å². The molecule has 1 fully saturated rings. The van der Waals surface area contributed by atoms with Crippen molar-refractivity contribution in [2.24, 2.45) is 11.8 Å². The second-order valence-corrected chi connectivity index (χ2v) is 5.80. The first-order chi connectivity index (χ1) is 8.09. The van der Waals surface area contributed by atoms with Crippen LogP contribution in [-0.2, 0) is 0 Å². The molecule has 17 heavy (non-hydrogen) atoms. The number of nitrogens with zero attached hydrogens (tertiary/aromatic N) is 2. The minimum absolute atomic E-state index is 0.570. The van der Waals surface area contributed by atoms with Crippen LogP contribution in [0.25, 0.3) is 0 Å². The summed E-state index contributed by atoms with van der Waals surface area (Å²) in [6.45, 7) is 11.5. The van der Waals surface area contributed by atoms with E-state index in [4.69, 9.17) is 0 Å². The largest absolute Gasteiger partial charge is 0.370 e. The number of hydrogen-bond acceptors (Lipinski definition) is 2. The molecule has 1 aliphatic heterocycles. The minimum atomic E-state index is 0.570. The fourth-order valence-electron chi connectivity index (χ4n) is 2.81. The van der Waals surface area contributed by atoms with E-state index >= 15 is 0 Å². The molecule has 2 heterocycles. The summed E-state index contributed by atoms with van der Waals surface area (Å²) in [5, 5.41) is 0. The summed E-state index contributed by atoms with van der Waals surface area (Å²) in [5.74, 6) is 1.87. The lowest BCUT2D eigenvalue weighted by atomic mass is 9.83. The normalized spacial score (nSPS) is 15.8. The average Bonchev–Trinajstić information content (AvgIpc) is 2.17. The van der Waals surface area contributed by atoms with Gasteiger partial charge in [-0.05, 0) is 30.4 Å². The molecule has 94 valence electrons. The van der Waals surface area contributed by atoms with E-state index in [1.165, 1.54) is 30.9 Å². The quantitative estimate of drug-likeness (QED) is 0.787. The predicted molar refractivity (Wildman–Crippen MR) is 73.5 cm³/mol. The van der Waals surface area contributed by atoms with E-state index < -0.39 is 0 Å². The molecule has 0 aliphatic carbocycles. The second kappa shape index (κ2) is 5.07. The van der Waals surface area contributed by atoms with Gasteiger partial charge in [-0.2, -0.15) is 0 Å². The lowest BCUT2D eigenvalue weighted by Crippen LogP contribution is -2.37. The van der Waals surface area contributed by atoms with Crippen LogP contribution < -0.4 is 4.90 Å². The summed E-state index contributed by atoms with van der Waals surface area (Å²) in [6, 6.07) is 4.46. The van der Waals surface area contributed by atoms with Gasteiger partial charge in [0.25, 0.3) is 0 Å². The first kappa shape index (κ1) is 12.4. The Bertz CT molecular complexity index is 342. The van der Waals surface area contributed by atoms with Gasteiger partial charge >= 0.3 is 0 Å². The summed E-state index contributed by atoms with van der Waals surface area (Å²) >= 11 is 0. The summed E-state index contributed by atoms with van der Waals surface area (Å²) in [5.41, 5.74) is 2.53. The summed E-state index contributed by atoms with van der Waals surface area (Å²) in [7, 11) is 0. The molecule has 0 bridgehead atoms. The smallest absolute Gasteiger partial charge is 0.0552 e. The van der Waals surface area contributed by atoms with Crippen molar-refractivity contribution in [3.63, 3.8) is 0 Å². The molecule has 1 saturated heterocycles. The van der Waals surface area contributed by atoms with Crippen LogP contribution in [0.5, 0.6) is 0 Å². The van der Waals surface area contributed by atoms with Gasteiger partial charge in [0.2, 0.25) is 0 Å². The third-order valence-corrected chi connectivity index (χ3v) is 3.77. The monoisotopic (exact) mass is 232 g/mol. The highest BCUT2D eigenvalue weighted by molar-refractivity contribution is 5.46. The van der Waals surface area contributed by atoms with Gasteiger partial charge in [-0.25, -0.2) is 0 Å². The van der Waals surface area contributed by atoms with Crippen LogP contribution in [0.1, 0.15) is 45.7 Å². The zero-order chi connectivity index (χ0) is 12.4. The van der Waals surface area contributed by atoms with Crippen LogP contribution >= 0.6 is 0 Å². The minimum Gasteiger partial charge on any atom is -0.370 e. The van der Waals surface area contributed by atoms with E-state index in [1.54, 1.807) is 0 Å². The molecule has 0 atom stereocenters. The van der Waals surface area contributed by atoms with E-state index in [2.05, 4.69) is 49.7 Å². The first-order valence-corrected chi connectivity index (χ1v) is 6.80. The third kappa shape index (κ3) is 2.62. The number of rotatable bonds is 4. The van der Waals surface area contributed by atoms with Crippen molar-refractivity contribution in [1.29, 1.82) is 0 Å². The number of hydrogen-bond donors (Lipinski definition) is 0. The van der Waals surface area contributed by atoms with Crippen molar-refractivity contribution in [3.05, 3.63) is 24.0 Å². The van der Waals surface area contributed by atoms with Crippen LogP contribution in [0, 0.1) is 11.8 Å². The molecular weight excluding hydrogens is 208 g/mol. The van der Waals surface area contributed by atoms with Gasteiger partial charge in [-0.3, -0.25) is 4.98 Å². The van der Waals surface area contributed by atoms with Crippen LogP contribution in [0.3, 0.4) is 0 Å². The SMILES string of the molecule is CC(C)C(c1ccc(N2CCC2)cn1)C(C)C. The number of anilines is 1. The maximum Gasteiger partial charge on any atom is 0.0552 e. The lowest BCUT2D eigenvalue weighted by molar-refractivity contribution is 0.380. The van der Waals surface area contributed by atoms with Crippen LogP contribution in [-0.4, -0.2) is 18.1 Å². The highest BCUT2D eigenvalue weighted by atomic mass is 15.2. The Balaban J connectivity index is 2.15. The molecule has 2 heteroatoms. The fraction of sp³-hybridized carbons (Fsp3) is 0.667. The molecule has 1 aromatic rings. The molecule has 0 saturated carbocycles. The maximum atomic E-state index is 4.68. The molecule has 1 aliphatic rings. The van der Waals surface area contributed by atoms with E-state index in [9.17, 15) is 0 Å². The Morgan fingerprint density at radius 2 is 1.71 bits per heavy atom. The van der Waals surface area contributed by atoms with Gasteiger partial charge in [0.1, 0.15) is 0 Å². The van der Waals surface area contributed by atoms with Gasteiger partial charge in [-0.1, -0.05) is 27.7 Å². The predicted octanol–water partition coefficient (Wildman–Crippen LogP) is 3.69. The van der Waals surface area contributed by atoms with Gasteiger partial charge in [0.15, 0.2) is 0 Å². The fourth-order valence-corrected chi connectivity index (χ4v) is 2.81. The van der Waals surface area contributed by atoms with Crippen molar-refractivity contribution in [2.75, 3.05) is 18.0 Å². The van der Waals surface area contributed by atoms with Gasteiger partial charge < -0.3 is 4.90 Å². The van der Waals surface area contributed by atoms with E-state index in [0.29, 0.717) is 17.8 Å². The second-order valence-electron chi connectivity index (χ2n) is 5.80. The maximum absolute atomic E-state index is 4.68. The van der Waals surface area contributed by atoms with Crippen LogP contribution in [0.15, 0.2) is 18.3 Å². The highest BCUT2D eigenvalue weighted by Gasteiger charge is 2.21. The van der Waals surface area contributed by atoms with Gasteiger partial charge in [-0.15, -0.1) is 0 Å². The molecular formula is C15H24N2. The first-order valence-electron chi connectivity index (χ1n) is 6.80. The van der Waals surface area contributed by atoms with Crippen molar-refractivity contribution in [3.8, 4) is 0 Å². The van der Waals surface area contributed by atoms with E-state index in [-0.39, 0.29) is 0 Å². The molecule has 0 amide bonds. The molecule has 0 spiro atoms. The standard InChI is InChI=1S/C15H24N2/c1-11(2)15(12(3)4)14-7-6-13(10-16-14)17-8-5-9-17/h6-7,10-12,15H,5,8-9H2,1-4H3. The summed E-state index contributed by atoms with van der Waals surface area (Å²) in [4.78, 5) is 7.07. The molecule has 2 nitrogen and oxygen atoms in total. The lowest BCUT2D eigenvalue weighted by Gasteiger charge is -2.33. The Morgan fingerprint density at radius 1 is 1.06 bits per heavy atom. The van der Waals surface area contributed by atoms with Gasteiger partial charge in [0.05, 0.1) is 11.9 Å². The van der Waals surface area contributed by atoms with Crippen molar-refractivity contribution in [1.82, 2.24) is 4.98 Å². The topological polar surface area (TPSA) is 16.1 Å². The Morgan fingerprint density at radius 3 is 2.06 bits per heavy atom. The van der Waals surface area contributed by atoms with Gasteiger partial charge in [0, 0.05) is 24.7 Å². The summed E-state index contributed by atoms with van der Waals surface area (Å²) in [6.07, 6.45) is 3.37. The van der Waals surface area contributed by atoms with E-state index in [1.807, 2.05) is 6.20 Å². The number of pyridine rings is 1. The Kier molecular flexibility index (Phi) is 3.70. The third-order valence-electron chi connectivity index (χ3n) is 3.77. The molecule has 0 N–H and O–H groups in total. The zero-order valence-electron chi connectivity index (χ0n) is 11.5. The molecule has 0 aromatic carbocycles. The molecule has 2 rings (SSSR count). The van der Waals surface area contributed by atoms with E-state index in [0.717, 1.165) is 0 Å². The molecule has 0 radical (unpaired) electrons. The Hall–Kier alpha value is -1.05. The Labute approximate surface area is 105 Å². The summed E-state index contributed by atoms with van der Waals surface area (Å²) < 4.78 is 0. The zero-order valence-corrected chi connectivity index (χ0v) is 11.5. The molecule has 0 unspecified atom stereocenters. The van der Waals surface area contributed by atoms with Crippen LogP contribution in [0.4, 0.5) is 5.69 Å². The highest BCUT2D eigenvalue weighted by Crippen LogP contribution is 2.31. The van der Waals surface area contributed by atoms with Crippen molar-refractivity contribution < 1.29 is 0 Å². The van der Waals surface area contributed by atoms with Crippen molar-refractivity contribution >= 4 is 5.69 Å². The number of aromatic nitrogens is 1. The average molecular weight is 232 g/mol. The van der Waals surface area contributed by atoms with Crippen molar-refractivity contribution in [2.45, 2.75) is 40.0 Å². The molecule has 1 aromatic heterocycles.